The highest BCUT2D eigenvalue weighted by Crippen LogP contribution is 2.23. The molecule has 19 heavy (non-hydrogen) atoms. The third-order valence-corrected chi connectivity index (χ3v) is 4.87. The van der Waals surface area contributed by atoms with Crippen LogP contribution >= 0.6 is 34.5 Å². The van der Waals surface area contributed by atoms with Gasteiger partial charge < -0.3 is 5.32 Å². The molecule has 0 saturated carbocycles. The van der Waals surface area contributed by atoms with Gasteiger partial charge in [0, 0.05) is 10.9 Å². The predicted molar refractivity (Wildman–Crippen MR) is 85.7 cm³/mol. The Kier molecular flexibility index (Phi) is 5.71. The molecular weight excluding hydrogens is 297 g/mol. The summed E-state index contributed by atoms with van der Waals surface area (Å²) in [4.78, 5) is 1.44. The Labute approximate surface area is 128 Å². The maximum Gasteiger partial charge on any atom is 0.0595 e. The topological polar surface area (TPSA) is 12.0 Å². The Morgan fingerprint density at radius 3 is 2.68 bits per heavy atom. The molecular formula is C15H17Cl2NS. The zero-order valence-corrected chi connectivity index (χ0v) is 13.2. The highest BCUT2D eigenvalue weighted by molar-refractivity contribution is 7.09. The molecule has 4 heteroatoms. The molecule has 0 amide bonds. The van der Waals surface area contributed by atoms with Gasteiger partial charge in [0.25, 0.3) is 0 Å². The molecule has 1 aromatic heterocycles. The van der Waals surface area contributed by atoms with Gasteiger partial charge >= 0.3 is 0 Å². The summed E-state index contributed by atoms with van der Waals surface area (Å²) < 4.78 is 0. The van der Waals surface area contributed by atoms with Crippen molar-refractivity contribution in [2.24, 2.45) is 0 Å². The average Bonchev–Trinajstić information content (AvgIpc) is 2.92. The van der Waals surface area contributed by atoms with Gasteiger partial charge in [0.05, 0.1) is 10.0 Å². The van der Waals surface area contributed by atoms with E-state index >= 15 is 0 Å². The van der Waals surface area contributed by atoms with E-state index in [0.717, 1.165) is 19.3 Å². The lowest BCUT2D eigenvalue weighted by atomic mass is 10.0. The monoisotopic (exact) mass is 313 g/mol. The smallest absolute Gasteiger partial charge is 0.0595 e. The fourth-order valence-electron chi connectivity index (χ4n) is 2.07. The third kappa shape index (κ3) is 4.50. The molecule has 0 spiro atoms. The quantitative estimate of drug-likeness (QED) is 0.806. The van der Waals surface area contributed by atoms with Crippen molar-refractivity contribution in [2.45, 2.75) is 25.3 Å². The summed E-state index contributed by atoms with van der Waals surface area (Å²) in [5.74, 6) is 0. The van der Waals surface area contributed by atoms with E-state index in [1.165, 1.54) is 10.4 Å². The zero-order chi connectivity index (χ0) is 13.7. The van der Waals surface area contributed by atoms with Crippen LogP contribution in [0.4, 0.5) is 0 Å². The first-order valence-corrected chi connectivity index (χ1v) is 7.96. The lowest BCUT2D eigenvalue weighted by Crippen LogP contribution is -2.28. The summed E-state index contributed by atoms with van der Waals surface area (Å²) in [5.41, 5.74) is 1.22. The van der Waals surface area contributed by atoms with E-state index in [4.69, 9.17) is 23.2 Å². The van der Waals surface area contributed by atoms with Crippen molar-refractivity contribution in [3.8, 4) is 0 Å². The molecule has 1 N–H and O–H groups in total. The highest BCUT2D eigenvalue weighted by atomic mass is 35.5. The molecule has 0 radical (unpaired) electrons. The predicted octanol–water partition coefficient (Wildman–Crippen LogP) is 4.82. The number of likely N-dealkylation sites (N-methyl/N-ethyl adjacent to an activating group) is 1. The Bertz CT molecular complexity index is 511. The van der Waals surface area contributed by atoms with Crippen LogP contribution in [0.2, 0.25) is 10.0 Å². The summed E-state index contributed by atoms with van der Waals surface area (Å²) in [5, 5.41) is 6.75. The Morgan fingerprint density at radius 2 is 2.05 bits per heavy atom. The zero-order valence-electron chi connectivity index (χ0n) is 10.8. The lowest BCUT2D eigenvalue weighted by Gasteiger charge is -2.16. The van der Waals surface area contributed by atoms with Gasteiger partial charge in [0.1, 0.15) is 0 Å². The molecule has 0 bridgehead atoms. The van der Waals surface area contributed by atoms with Gasteiger partial charge in [0.15, 0.2) is 0 Å². The Hall–Kier alpha value is -0.540. The largest absolute Gasteiger partial charge is 0.317 e. The molecule has 0 aliphatic heterocycles. The maximum absolute atomic E-state index is 6.05. The lowest BCUT2D eigenvalue weighted by molar-refractivity contribution is 0.522. The van der Waals surface area contributed by atoms with Gasteiger partial charge in [-0.05, 0) is 55.5 Å². The molecule has 0 saturated heterocycles. The highest BCUT2D eigenvalue weighted by Gasteiger charge is 2.09. The van der Waals surface area contributed by atoms with Crippen LogP contribution < -0.4 is 5.32 Å². The van der Waals surface area contributed by atoms with E-state index in [9.17, 15) is 0 Å². The minimum Gasteiger partial charge on any atom is -0.317 e. The molecule has 1 unspecified atom stereocenters. The molecule has 0 aliphatic carbocycles. The van der Waals surface area contributed by atoms with E-state index in [1.54, 1.807) is 0 Å². The van der Waals surface area contributed by atoms with Crippen LogP contribution in [0.15, 0.2) is 35.7 Å². The summed E-state index contributed by atoms with van der Waals surface area (Å²) >= 11 is 13.8. The van der Waals surface area contributed by atoms with Gasteiger partial charge in [-0.25, -0.2) is 0 Å². The summed E-state index contributed by atoms with van der Waals surface area (Å²) in [6.07, 6.45) is 3.21. The second-order valence-electron chi connectivity index (χ2n) is 4.56. The van der Waals surface area contributed by atoms with E-state index in [1.807, 2.05) is 36.6 Å². The Morgan fingerprint density at radius 1 is 1.21 bits per heavy atom. The van der Waals surface area contributed by atoms with Gasteiger partial charge in [-0.15, -0.1) is 11.3 Å². The van der Waals surface area contributed by atoms with Crippen molar-refractivity contribution in [3.05, 3.63) is 56.2 Å². The van der Waals surface area contributed by atoms with Crippen LogP contribution in [-0.2, 0) is 12.8 Å². The van der Waals surface area contributed by atoms with E-state index in [2.05, 4.69) is 22.8 Å². The number of nitrogens with one attached hydrogen (secondary N) is 1. The summed E-state index contributed by atoms with van der Waals surface area (Å²) in [6, 6.07) is 10.6. The first kappa shape index (κ1) is 14.9. The number of halogens is 2. The van der Waals surface area contributed by atoms with E-state index in [0.29, 0.717) is 16.1 Å². The molecule has 0 aliphatic rings. The van der Waals surface area contributed by atoms with Crippen LogP contribution in [-0.4, -0.2) is 13.1 Å². The van der Waals surface area contributed by atoms with Crippen molar-refractivity contribution in [2.75, 3.05) is 7.05 Å². The van der Waals surface area contributed by atoms with Crippen LogP contribution in [0.5, 0.6) is 0 Å². The maximum atomic E-state index is 6.05. The SMILES string of the molecule is CNC(CCc1cccs1)Cc1ccc(Cl)c(Cl)c1. The Balaban J connectivity index is 1.92. The first-order chi connectivity index (χ1) is 9.19. The summed E-state index contributed by atoms with van der Waals surface area (Å²) in [6.45, 7) is 0. The first-order valence-electron chi connectivity index (χ1n) is 6.32. The molecule has 1 heterocycles. The van der Waals surface area contributed by atoms with E-state index in [-0.39, 0.29) is 0 Å². The summed E-state index contributed by atoms with van der Waals surface area (Å²) in [7, 11) is 2.01. The normalized spacial score (nSPS) is 12.6. The second-order valence-corrected chi connectivity index (χ2v) is 6.40. The number of thiophene rings is 1. The molecule has 2 aromatic rings. The van der Waals surface area contributed by atoms with Gasteiger partial charge in [0.2, 0.25) is 0 Å². The van der Waals surface area contributed by atoms with Gasteiger partial charge in [-0.3, -0.25) is 0 Å². The van der Waals surface area contributed by atoms with Crippen LogP contribution in [0.25, 0.3) is 0 Å². The molecule has 1 aromatic carbocycles. The average molecular weight is 314 g/mol. The van der Waals surface area contributed by atoms with Crippen molar-refractivity contribution in [3.63, 3.8) is 0 Å². The van der Waals surface area contributed by atoms with E-state index < -0.39 is 0 Å². The van der Waals surface area contributed by atoms with Crippen LogP contribution in [0, 0.1) is 0 Å². The fraction of sp³-hybridized carbons (Fsp3) is 0.333. The second kappa shape index (κ2) is 7.30. The van der Waals surface area contributed by atoms with Crippen molar-refractivity contribution in [1.82, 2.24) is 5.32 Å². The standard InChI is InChI=1S/C15H17Cl2NS/c1-18-12(5-6-13-3-2-8-19-13)9-11-4-7-14(16)15(17)10-11/h2-4,7-8,10,12,18H,5-6,9H2,1H3. The molecule has 1 nitrogen and oxygen atoms in total. The molecule has 102 valence electrons. The molecule has 2 rings (SSSR count). The number of aryl methyl sites for hydroxylation is 1. The number of hydrogen-bond acceptors (Lipinski definition) is 2. The fourth-order valence-corrected chi connectivity index (χ4v) is 3.12. The van der Waals surface area contributed by atoms with Crippen LogP contribution in [0.1, 0.15) is 16.9 Å². The van der Waals surface area contributed by atoms with Crippen molar-refractivity contribution < 1.29 is 0 Å². The number of hydrogen-bond donors (Lipinski definition) is 1. The third-order valence-electron chi connectivity index (χ3n) is 3.19. The minimum atomic E-state index is 0.458. The number of rotatable bonds is 6. The van der Waals surface area contributed by atoms with Crippen molar-refractivity contribution in [1.29, 1.82) is 0 Å². The molecule has 0 fully saturated rings. The molecule has 1 atom stereocenters. The van der Waals surface area contributed by atoms with Crippen LogP contribution in [0.3, 0.4) is 0 Å². The van der Waals surface area contributed by atoms with Gasteiger partial charge in [-0.1, -0.05) is 35.3 Å². The van der Waals surface area contributed by atoms with Gasteiger partial charge in [-0.2, -0.15) is 0 Å². The number of benzene rings is 1. The van der Waals surface area contributed by atoms with Crippen molar-refractivity contribution >= 4 is 34.5 Å². The minimum absolute atomic E-state index is 0.458.